The van der Waals surface area contributed by atoms with Crippen LogP contribution in [0.3, 0.4) is 0 Å². The number of rotatable bonds is 6. The van der Waals surface area contributed by atoms with E-state index in [1.807, 2.05) is 16.8 Å². The first-order chi connectivity index (χ1) is 20.2. The highest BCUT2D eigenvalue weighted by Gasteiger charge is 2.33. The van der Waals surface area contributed by atoms with Gasteiger partial charge in [0.15, 0.2) is 5.65 Å². The van der Waals surface area contributed by atoms with Crippen LogP contribution in [0.2, 0.25) is 0 Å². The monoisotopic (exact) mass is 580 g/mol. The number of anilines is 2. The molecule has 2 aliphatic rings. The van der Waals surface area contributed by atoms with E-state index in [1.54, 1.807) is 18.2 Å². The second-order valence-corrected chi connectivity index (χ2v) is 11.3. The summed E-state index contributed by atoms with van der Waals surface area (Å²) in [4.78, 5) is 13.8. The molecule has 3 heterocycles. The first-order valence-electron chi connectivity index (χ1n) is 14.3. The Morgan fingerprint density at radius 3 is 2.36 bits per heavy atom. The van der Waals surface area contributed by atoms with Crippen LogP contribution in [-0.4, -0.2) is 75.2 Å². The molecule has 4 N–H and O–H groups in total. The summed E-state index contributed by atoms with van der Waals surface area (Å²) in [6.45, 7) is 4.44. The van der Waals surface area contributed by atoms with Crippen LogP contribution in [0.5, 0.6) is 5.75 Å². The molecule has 12 heteroatoms. The van der Waals surface area contributed by atoms with Crippen LogP contribution in [0.25, 0.3) is 22.3 Å². The molecule has 0 spiro atoms. The number of aromatic nitrogens is 4. The van der Waals surface area contributed by atoms with Crippen molar-refractivity contribution in [3.8, 4) is 17.0 Å². The highest BCUT2D eigenvalue weighted by molar-refractivity contribution is 6.00. The maximum atomic E-state index is 12.9. The van der Waals surface area contributed by atoms with Crippen LogP contribution in [0.4, 0.5) is 24.7 Å². The molecule has 1 aliphatic carbocycles. The van der Waals surface area contributed by atoms with E-state index in [1.165, 1.54) is 18.5 Å². The van der Waals surface area contributed by atoms with Gasteiger partial charge >= 0.3 is 6.36 Å². The first kappa shape index (κ1) is 28.2. The number of ether oxygens (including phenoxy) is 1. The second kappa shape index (κ2) is 11.4. The summed E-state index contributed by atoms with van der Waals surface area (Å²) in [7, 11) is 2.18. The topological polar surface area (TPSA) is 111 Å². The number of hydrogen-bond acceptors (Lipinski definition) is 8. The van der Waals surface area contributed by atoms with Gasteiger partial charge in [0, 0.05) is 49.9 Å². The Hall–Kier alpha value is -3.90. The van der Waals surface area contributed by atoms with E-state index >= 15 is 0 Å². The Balaban J connectivity index is 1.25. The number of benzene rings is 2. The Bertz CT molecular complexity index is 1560. The minimum atomic E-state index is -4.77. The molecule has 1 aliphatic heterocycles. The van der Waals surface area contributed by atoms with Crippen molar-refractivity contribution in [2.24, 2.45) is 0 Å². The number of hydrogen-bond donors (Lipinski definition) is 2. The van der Waals surface area contributed by atoms with E-state index in [2.05, 4.69) is 31.6 Å². The fourth-order valence-electron chi connectivity index (χ4n) is 6.33. The van der Waals surface area contributed by atoms with Gasteiger partial charge in [0.25, 0.3) is 0 Å². The van der Waals surface area contributed by atoms with Gasteiger partial charge in [0.1, 0.15) is 23.6 Å². The van der Waals surface area contributed by atoms with Crippen LogP contribution in [0.1, 0.15) is 42.9 Å². The van der Waals surface area contributed by atoms with Crippen molar-refractivity contribution in [2.45, 2.75) is 50.6 Å². The maximum absolute atomic E-state index is 12.9. The molecule has 0 unspecified atom stereocenters. The summed E-state index contributed by atoms with van der Waals surface area (Å²) in [6.07, 6.45) is 1.08. The third-order valence-electron chi connectivity index (χ3n) is 8.55. The normalized spacial score (nSPS) is 20.7. The maximum Gasteiger partial charge on any atom is 0.573 e. The molecule has 42 heavy (non-hydrogen) atoms. The van der Waals surface area contributed by atoms with Crippen molar-refractivity contribution in [1.82, 2.24) is 29.5 Å². The quantitative estimate of drug-likeness (QED) is 0.311. The van der Waals surface area contributed by atoms with Crippen LogP contribution >= 0.6 is 0 Å². The van der Waals surface area contributed by atoms with Crippen molar-refractivity contribution in [3.63, 3.8) is 0 Å². The molecule has 6 rings (SSSR count). The van der Waals surface area contributed by atoms with Gasteiger partial charge in [-0.05, 0) is 56.0 Å². The summed E-state index contributed by atoms with van der Waals surface area (Å²) in [6, 6.07) is 12.3. The molecule has 0 radical (unpaired) electrons. The Morgan fingerprint density at radius 1 is 0.929 bits per heavy atom. The number of para-hydroxylation sites is 1. The van der Waals surface area contributed by atoms with Crippen LogP contribution in [0.15, 0.2) is 48.8 Å². The van der Waals surface area contributed by atoms with Crippen molar-refractivity contribution in [3.05, 3.63) is 59.9 Å². The van der Waals surface area contributed by atoms with Crippen LogP contribution in [-0.2, 0) is 6.42 Å². The van der Waals surface area contributed by atoms with E-state index in [9.17, 15) is 13.2 Å². The van der Waals surface area contributed by atoms with Crippen molar-refractivity contribution in [1.29, 1.82) is 0 Å². The fourth-order valence-corrected chi connectivity index (χ4v) is 6.33. The van der Waals surface area contributed by atoms with E-state index in [4.69, 9.17) is 16.6 Å². The predicted octanol–water partition coefficient (Wildman–Crippen LogP) is 4.88. The number of likely N-dealkylation sites (N-methyl/N-ethyl adjacent to an activating group) is 1. The van der Waals surface area contributed by atoms with Gasteiger partial charge in [-0.3, -0.25) is 4.90 Å². The number of fused-ring (bicyclic) bond motifs is 1. The minimum absolute atomic E-state index is 0.185. The third kappa shape index (κ3) is 5.86. The number of nitrogen functional groups attached to an aromatic ring is 2. The molecule has 1 saturated carbocycles. The number of alkyl halides is 3. The summed E-state index contributed by atoms with van der Waals surface area (Å²) in [5.41, 5.74) is 16.4. The molecule has 1 saturated heterocycles. The molecule has 222 valence electrons. The van der Waals surface area contributed by atoms with Gasteiger partial charge in [0.05, 0.1) is 11.4 Å². The Labute approximate surface area is 242 Å². The lowest BCUT2D eigenvalue weighted by Gasteiger charge is -2.41. The molecular formula is C30H35F3N8O. The predicted molar refractivity (Wildman–Crippen MR) is 156 cm³/mol. The van der Waals surface area contributed by atoms with Crippen LogP contribution < -0.4 is 16.2 Å². The minimum Gasteiger partial charge on any atom is -0.405 e. The zero-order valence-electron chi connectivity index (χ0n) is 23.5. The van der Waals surface area contributed by atoms with Gasteiger partial charge < -0.3 is 21.1 Å². The summed E-state index contributed by atoms with van der Waals surface area (Å²) >= 11 is 0. The Morgan fingerprint density at radius 2 is 1.64 bits per heavy atom. The molecule has 0 amide bonds. The van der Waals surface area contributed by atoms with E-state index in [0.717, 1.165) is 57.4 Å². The van der Waals surface area contributed by atoms with Gasteiger partial charge in [-0.15, -0.1) is 13.2 Å². The van der Waals surface area contributed by atoms with Gasteiger partial charge in [-0.25, -0.2) is 14.6 Å². The molecular weight excluding hydrogens is 545 g/mol. The zero-order valence-corrected chi connectivity index (χ0v) is 23.5. The van der Waals surface area contributed by atoms with Gasteiger partial charge in [-0.1, -0.05) is 30.3 Å². The number of nitrogens with zero attached hydrogens (tertiary/aromatic N) is 6. The van der Waals surface area contributed by atoms with Gasteiger partial charge in [-0.2, -0.15) is 5.10 Å². The molecule has 2 aromatic carbocycles. The standard InChI is InChI=1S/C30H35F3N8O/c1-39-12-14-40(15-13-39)21-7-9-22(10-8-21)41-29-26(28(35)36-18-37-29)27(38-41)23-11-6-19(17-24(23)34)16-20-4-2-3-5-25(20)42-30(31,32)33/h2-6,11,17-18,21-22H,7-10,12-16,34H2,1H3,(H2,35,36,37)/t21-,22+. The summed E-state index contributed by atoms with van der Waals surface area (Å²) in [5.74, 6) is 0.0960. The second-order valence-electron chi connectivity index (χ2n) is 11.3. The molecule has 4 aromatic rings. The molecule has 9 nitrogen and oxygen atoms in total. The van der Waals surface area contributed by atoms with Crippen molar-refractivity contribution < 1.29 is 17.9 Å². The molecule has 0 atom stereocenters. The SMILES string of the molecule is CN1CCN([C@H]2CC[C@@H](n3nc(-c4ccc(Cc5ccccc5OC(F)(F)F)cc4N)c4c(N)ncnc43)CC2)CC1. The van der Waals surface area contributed by atoms with Crippen molar-refractivity contribution >= 4 is 22.5 Å². The Kier molecular flexibility index (Phi) is 7.67. The molecule has 2 fully saturated rings. The summed E-state index contributed by atoms with van der Waals surface area (Å²) in [5, 5.41) is 5.66. The largest absolute Gasteiger partial charge is 0.573 e. The van der Waals surface area contributed by atoms with E-state index in [0.29, 0.717) is 45.4 Å². The van der Waals surface area contributed by atoms with Gasteiger partial charge in [0.2, 0.25) is 0 Å². The smallest absolute Gasteiger partial charge is 0.405 e. The number of nitrogens with two attached hydrogens (primary N) is 2. The van der Waals surface area contributed by atoms with Crippen molar-refractivity contribution in [2.75, 3.05) is 44.7 Å². The lowest BCUT2D eigenvalue weighted by molar-refractivity contribution is -0.274. The van der Waals surface area contributed by atoms with Crippen LogP contribution in [0, 0.1) is 0 Å². The first-order valence-corrected chi connectivity index (χ1v) is 14.3. The summed E-state index contributed by atoms with van der Waals surface area (Å²) < 4.78 is 44.9. The zero-order chi connectivity index (χ0) is 29.4. The highest BCUT2D eigenvalue weighted by atomic mass is 19.4. The van der Waals surface area contributed by atoms with E-state index < -0.39 is 6.36 Å². The highest BCUT2D eigenvalue weighted by Crippen LogP contribution is 2.39. The number of piperazine rings is 1. The molecule has 0 bridgehead atoms. The molecule has 2 aromatic heterocycles. The fraction of sp³-hybridized carbons (Fsp3) is 0.433. The lowest BCUT2D eigenvalue weighted by Crippen LogP contribution is -2.49. The van der Waals surface area contributed by atoms with E-state index in [-0.39, 0.29) is 18.2 Å². The lowest BCUT2D eigenvalue weighted by atomic mass is 9.90. The number of halogens is 3. The average Bonchev–Trinajstić information content (AvgIpc) is 3.35. The average molecular weight is 581 g/mol. The third-order valence-corrected chi connectivity index (χ3v) is 8.55.